The maximum Gasteiger partial charge on any atom is 0.0907 e. The Morgan fingerprint density at radius 2 is 1.85 bits per heavy atom. The Balaban J connectivity index is 2.00. The van der Waals surface area contributed by atoms with Crippen molar-refractivity contribution in [1.82, 2.24) is 4.98 Å². The monoisotopic (exact) mass is 300 g/mol. The van der Waals surface area contributed by atoms with E-state index in [-0.39, 0.29) is 0 Å². The molecule has 2 N–H and O–H groups in total. The third kappa shape index (κ3) is 2.53. The van der Waals surface area contributed by atoms with E-state index in [2.05, 4.69) is 43.1 Å². The average Bonchev–Trinajstić information content (AvgIpc) is 2.73. The summed E-state index contributed by atoms with van der Waals surface area (Å²) in [5, 5.41) is 1.08. The number of thiazole rings is 1. The number of anilines is 1. The van der Waals surface area contributed by atoms with E-state index in [1.165, 1.54) is 16.0 Å². The third-order valence-electron chi connectivity index (χ3n) is 3.33. The summed E-state index contributed by atoms with van der Waals surface area (Å²) in [5.41, 5.74) is 10.6. The number of hydrogen-bond acceptors (Lipinski definition) is 4. The topological polar surface area (TPSA) is 38.9 Å². The highest BCUT2D eigenvalue weighted by Crippen LogP contribution is 2.36. The summed E-state index contributed by atoms with van der Waals surface area (Å²) in [4.78, 5) is 6.83. The van der Waals surface area contributed by atoms with Crippen molar-refractivity contribution >= 4 is 39.0 Å². The molecule has 0 saturated carbocycles. The van der Waals surface area contributed by atoms with E-state index in [0.717, 1.165) is 25.8 Å². The van der Waals surface area contributed by atoms with Crippen molar-refractivity contribution < 1.29 is 0 Å². The Labute approximate surface area is 127 Å². The summed E-state index contributed by atoms with van der Waals surface area (Å²) in [7, 11) is 0. The number of rotatable bonds is 2. The van der Waals surface area contributed by atoms with Crippen LogP contribution in [0.3, 0.4) is 0 Å². The van der Waals surface area contributed by atoms with Gasteiger partial charge in [-0.25, -0.2) is 4.98 Å². The van der Waals surface area contributed by atoms with Crippen LogP contribution in [0.1, 0.15) is 16.1 Å². The molecule has 0 unspecified atom stereocenters. The van der Waals surface area contributed by atoms with Crippen LogP contribution >= 0.6 is 23.1 Å². The summed E-state index contributed by atoms with van der Waals surface area (Å²) in [6.07, 6.45) is 0. The molecule has 0 spiro atoms. The number of aryl methyl sites for hydroxylation is 3. The largest absolute Gasteiger partial charge is 0.398 e. The van der Waals surface area contributed by atoms with Gasteiger partial charge in [-0.1, -0.05) is 17.8 Å². The van der Waals surface area contributed by atoms with Gasteiger partial charge < -0.3 is 5.73 Å². The maximum atomic E-state index is 6.17. The van der Waals surface area contributed by atoms with E-state index in [0.29, 0.717) is 0 Å². The lowest BCUT2D eigenvalue weighted by atomic mass is 10.1. The first kappa shape index (κ1) is 13.5. The van der Waals surface area contributed by atoms with Crippen LogP contribution in [0, 0.1) is 20.8 Å². The van der Waals surface area contributed by atoms with Crippen LogP contribution in [0.2, 0.25) is 0 Å². The molecule has 3 aromatic rings. The fraction of sp³-hybridized carbons (Fsp3) is 0.188. The lowest BCUT2D eigenvalue weighted by Gasteiger charge is -2.07. The Kier molecular flexibility index (Phi) is 3.44. The first-order chi connectivity index (χ1) is 9.52. The van der Waals surface area contributed by atoms with E-state index < -0.39 is 0 Å². The maximum absolute atomic E-state index is 6.17. The zero-order valence-corrected chi connectivity index (χ0v) is 13.4. The van der Waals surface area contributed by atoms with E-state index in [4.69, 9.17) is 5.73 Å². The van der Waals surface area contributed by atoms with Crippen LogP contribution in [-0.4, -0.2) is 4.98 Å². The Bertz CT molecular complexity index is 791. The van der Waals surface area contributed by atoms with Crippen LogP contribution in [0.25, 0.3) is 10.2 Å². The van der Waals surface area contributed by atoms with Crippen LogP contribution < -0.4 is 5.73 Å². The zero-order valence-electron chi connectivity index (χ0n) is 11.7. The molecule has 0 amide bonds. The smallest absolute Gasteiger partial charge is 0.0907 e. The standard InChI is InChI=1S/C16H16N2S2/c1-9-4-5-12(6-10(9)2)20-15-8-14-16(7-13(15)17)19-11(3)18-14/h4-8H,17H2,1-3H3. The molecule has 0 radical (unpaired) electrons. The second-order valence-electron chi connectivity index (χ2n) is 4.94. The first-order valence-corrected chi connectivity index (χ1v) is 8.08. The van der Waals surface area contributed by atoms with Gasteiger partial charge in [-0.2, -0.15) is 0 Å². The van der Waals surface area contributed by atoms with E-state index >= 15 is 0 Å². The van der Waals surface area contributed by atoms with Crippen molar-refractivity contribution in [2.24, 2.45) is 0 Å². The number of nitrogens with two attached hydrogens (primary N) is 1. The van der Waals surface area contributed by atoms with Gasteiger partial charge in [-0.15, -0.1) is 11.3 Å². The minimum absolute atomic E-state index is 0.823. The predicted molar refractivity (Wildman–Crippen MR) is 88.8 cm³/mol. The van der Waals surface area contributed by atoms with Crippen molar-refractivity contribution in [3.05, 3.63) is 46.5 Å². The van der Waals surface area contributed by atoms with Crippen LogP contribution in [-0.2, 0) is 0 Å². The van der Waals surface area contributed by atoms with Crippen molar-refractivity contribution in [3.8, 4) is 0 Å². The van der Waals surface area contributed by atoms with E-state index in [1.807, 2.05) is 13.0 Å². The second kappa shape index (κ2) is 5.11. The molecule has 0 atom stereocenters. The summed E-state index contributed by atoms with van der Waals surface area (Å²) in [6, 6.07) is 10.6. The molecule has 20 heavy (non-hydrogen) atoms. The number of nitrogen functional groups attached to an aromatic ring is 1. The number of fused-ring (bicyclic) bond motifs is 1. The molecule has 4 heteroatoms. The van der Waals surface area contributed by atoms with Gasteiger partial charge in [0.2, 0.25) is 0 Å². The molecule has 1 heterocycles. The molecular weight excluding hydrogens is 284 g/mol. The molecule has 0 saturated heterocycles. The normalized spacial score (nSPS) is 11.2. The third-order valence-corrected chi connectivity index (χ3v) is 5.33. The van der Waals surface area contributed by atoms with Crippen LogP contribution in [0.15, 0.2) is 40.1 Å². The molecule has 0 aliphatic rings. The van der Waals surface area contributed by atoms with Gasteiger partial charge in [0.05, 0.1) is 15.2 Å². The molecule has 0 aliphatic carbocycles. The van der Waals surface area contributed by atoms with E-state index in [9.17, 15) is 0 Å². The Morgan fingerprint density at radius 3 is 2.60 bits per heavy atom. The van der Waals surface area contributed by atoms with Crippen molar-refractivity contribution in [1.29, 1.82) is 0 Å². The van der Waals surface area contributed by atoms with Gasteiger partial charge in [0.25, 0.3) is 0 Å². The summed E-state index contributed by atoms with van der Waals surface area (Å²) < 4.78 is 1.16. The van der Waals surface area contributed by atoms with Crippen molar-refractivity contribution in [2.45, 2.75) is 30.6 Å². The summed E-state index contributed by atoms with van der Waals surface area (Å²) in [6.45, 7) is 6.29. The molecule has 0 fully saturated rings. The SMILES string of the molecule is Cc1nc2cc(Sc3ccc(C)c(C)c3)c(N)cc2s1. The van der Waals surface area contributed by atoms with Gasteiger partial charge in [-0.05, 0) is 56.2 Å². The molecule has 2 aromatic carbocycles. The van der Waals surface area contributed by atoms with Crippen molar-refractivity contribution in [3.63, 3.8) is 0 Å². The highest BCUT2D eigenvalue weighted by atomic mass is 32.2. The molecule has 102 valence electrons. The van der Waals surface area contributed by atoms with Crippen molar-refractivity contribution in [2.75, 3.05) is 5.73 Å². The molecule has 0 aliphatic heterocycles. The fourth-order valence-electron chi connectivity index (χ4n) is 2.08. The van der Waals surface area contributed by atoms with Gasteiger partial charge >= 0.3 is 0 Å². The van der Waals surface area contributed by atoms with Gasteiger partial charge in [0.15, 0.2) is 0 Å². The van der Waals surface area contributed by atoms with Crippen LogP contribution in [0.4, 0.5) is 5.69 Å². The highest BCUT2D eigenvalue weighted by Gasteiger charge is 2.08. The lowest BCUT2D eigenvalue weighted by Crippen LogP contribution is -1.89. The average molecular weight is 300 g/mol. The molecule has 3 rings (SSSR count). The van der Waals surface area contributed by atoms with Gasteiger partial charge in [0.1, 0.15) is 0 Å². The highest BCUT2D eigenvalue weighted by molar-refractivity contribution is 7.99. The second-order valence-corrected chi connectivity index (χ2v) is 7.29. The number of nitrogens with zero attached hydrogens (tertiary/aromatic N) is 1. The van der Waals surface area contributed by atoms with Gasteiger partial charge in [-0.3, -0.25) is 0 Å². The van der Waals surface area contributed by atoms with E-state index in [1.54, 1.807) is 23.1 Å². The molecule has 1 aromatic heterocycles. The summed E-state index contributed by atoms with van der Waals surface area (Å²) in [5.74, 6) is 0. The fourth-order valence-corrected chi connectivity index (χ4v) is 3.91. The minimum atomic E-state index is 0.823. The Hall–Kier alpha value is -1.52. The van der Waals surface area contributed by atoms with Gasteiger partial charge in [0, 0.05) is 15.5 Å². The van der Waals surface area contributed by atoms with Crippen LogP contribution in [0.5, 0.6) is 0 Å². The number of hydrogen-bond donors (Lipinski definition) is 1. The Morgan fingerprint density at radius 1 is 1.05 bits per heavy atom. The number of aromatic nitrogens is 1. The zero-order chi connectivity index (χ0) is 14.3. The quantitative estimate of drug-likeness (QED) is 0.680. The summed E-state index contributed by atoms with van der Waals surface area (Å²) >= 11 is 3.39. The minimum Gasteiger partial charge on any atom is -0.398 e. The number of benzene rings is 2. The molecular formula is C16H16N2S2. The predicted octanol–water partition coefficient (Wildman–Crippen LogP) is 4.95. The molecule has 0 bridgehead atoms. The molecule has 2 nitrogen and oxygen atoms in total. The lowest BCUT2D eigenvalue weighted by molar-refractivity contribution is 1.27. The first-order valence-electron chi connectivity index (χ1n) is 6.45.